The minimum Gasteiger partial charge on any atom is -0.462 e. The predicted molar refractivity (Wildman–Crippen MR) is 89.5 cm³/mol. The van der Waals surface area contributed by atoms with Gasteiger partial charge in [0.2, 0.25) is 0 Å². The van der Waals surface area contributed by atoms with Crippen LogP contribution >= 0.6 is 0 Å². The smallest absolute Gasteiger partial charge is 0.390 e. The van der Waals surface area contributed by atoms with Gasteiger partial charge < -0.3 is 14.7 Å². The van der Waals surface area contributed by atoms with Crippen molar-refractivity contribution in [1.29, 1.82) is 0 Å². The molecule has 2 bridgehead atoms. The van der Waals surface area contributed by atoms with Crippen LogP contribution in [0, 0.1) is 0 Å². The molecule has 26 heavy (non-hydrogen) atoms. The Kier molecular flexibility index (Phi) is 5.58. The van der Waals surface area contributed by atoms with E-state index < -0.39 is 31.1 Å². The molecule has 0 aromatic heterocycles. The van der Waals surface area contributed by atoms with Crippen molar-refractivity contribution in [3.63, 3.8) is 0 Å². The molecule has 2 aliphatic rings. The van der Waals surface area contributed by atoms with E-state index in [1.807, 2.05) is 7.05 Å². The molecule has 0 aliphatic carbocycles. The third-order valence-electron chi connectivity index (χ3n) is 5.66. The first-order chi connectivity index (χ1) is 12.3. The maximum atomic E-state index is 13.1. The number of ether oxygens (including phenoxy) is 1. The van der Waals surface area contributed by atoms with Crippen molar-refractivity contribution in [2.45, 2.75) is 69.0 Å². The second-order valence-corrected chi connectivity index (χ2v) is 7.31. The number of nitrogens with zero attached hydrogens (tertiary/aromatic N) is 1. The summed E-state index contributed by atoms with van der Waals surface area (Å²) >= 11 is 0. The van der Waals surface area contributed by atoms with Crippen LogP contribution in [-0.4, -0.2) is 47.4 Å². The Labute approximate surface area is 150 Å². The fourth-order valence-corrected chi connectivity index (χ4v) is 4.27. The first-order valence-corrected chi connectivity index (χ1v) is 8.96. The van der Waals surface area contributed by atoms with Crippen LogP contribution in [0.1, 0.15) is 49.1 Å². The van der Waals surface area contributed by atoms with Gasteiger partial charge in [-0.15, -0.1) is 0 Å². The van der Waals surface area contributed by atoms with Crippen LogP contribution in [-0.2, 0) is 16.1 Å². The molecular formula is C19H24F3NO3. The van der Waals surface area contributed by atoms with Crippen molar-refractivity contribution in [3.8, 4) is 0 Å². The van der Waals surface area contributed by atoms with Crippen LogP contribution in [0.25, 0.3) is 0 Å². The van der Waals surface area contributed by atoms with Crippen molar-refractivity contribution in [3.05, 3.63) is 35.4 Å². The summed E-state index contributed by atoms with van der Waals surface area (Å²) in [5, 5.41) is 9.44. The molecule has 3 unspecified atom stereocenters. The molecule has 1 aromatic rings. The lowest BCUT2D eigenvalue weighted by atomic mass is 9.91. The quantitative estimate of drug-likeness (QED) is 0.807. The minimum absolute atomic E-state index is 0.188. The molecule has 7 heteroatoms. The third kappa shape index (κ3) is 4.20. The topological polar surface area (TPSA) is 49.8 Å². The van der Waals surface area contributed by atoms with Crippen LogP contribution in [0.4, 0.5) is 13.2 Å². The maximum Gasteiger partial charge on any atom is 0.390 e. The van der Waals surface area contributed by atoms with Crippen LogP contribution in [0.5, 0.6) is 0 Å². The van der Waals surface area contributed by atoms with Crippen LogP contribution in [0.3, 0.4) is 0 Å². The van der Waals surface area contributed by atoms with Gasteiger partial charge in [0, 0.05) is 12.1 Å². The van der Waals surface area contributed by atoms with E-state index in [1.54, 1.807) is 12.1 Å². The molecule has 3 atom stereocenters. The molecule has 4 nitrogen and oxygen atoms in total. The van der Waals surface area contributed by atoms with Crippen molar-refractivity contribution >= 4 is 5.97 Å². The predicted octanol–water partition coefficient (Wildman–Crippen LogP) is 3.38. The van der Waals surface area contributed by atoms with Gasteiger partial charge >= 0.3 is 12.1 Å². The van der Waals surface area contributed by atoms with Gasteiger partial charge in [-0.25, -0.2) is 0 Å². The van der Waals surface area contributed by atoms with Crippen LogP contribution in [0.2, 0.25) is 0 Å². The number of aliphatic hydroxyl groups is 1. The molecule has 1 aromatic carbocycles. The second-order valence-electron chi connectivity index (χ2n) is 7.31. The largest absolute Gasteiger partial charge is 0.462 e. The van der Waals surface area contributed by atoms with Gasteiger partial charge in [0.15, 0.2) is 0 Å². The summed E-state index contributed by atoms with van der Waals surface area (Å²) in [6, 6.07) is 6.85. The lowest BCUT2D eigenvalue weighted by molar-refractivity contribution is -0.167. The number of fused-ring (bicyclic) bond motifs is 2. The summed E-state index contributed by atoms with van der Waals surface area (Å²) in [4.78, 5) is 14.9. The lowest BCUT2D eigenvalue weighted by Crippen LogP contribution is -2.44. The van der Waals surface area contributed by atoms with Crippen molar-refractivity contribution in [2.75, 3.05) is 7.05 Å². The van der Waals surface area contributed by atoms with Crippen molar-refractivity contribution in [2.24, 2.45) is 0 Å². The normalized spacial score (nSPS) is 27.3. The molecule has 0 spiro atoms. The van der Waals surface area contributed by atoms with Gasteiger partial charge in [0.05, 0.1) is 18.9 Å². The third-order valence-corrected chi connectivity index (χ3v) is 5.66. The Morgan fingerprint density at radius 1 is 1.27 bits per heavy atom. The Morgan fingerprint density at radius 3 is 2.46 bits per heavy atom. The first-order valence-electron chi connectivity index (χ1n) is 8.96. The molecule has 2 fully saturated rings. The SMILES string of the molecule is CN1C2CCC1CC(OC(=O)C(CC(F)(F)F)c1ccccc1CO)C2. The number of piperidine rings is 1. The summed E-state index contributed by atoms with van der Waals surface area (Å²) in [6.07, 6.45) is -2.73. The molecule has 2 heterocycles. The second kappa shape index (κ2) is 7.56. The number of hydrogen-bond donors (Lipinski definition) is 1. The summed E-state index contributed by atoms with van der Waals surface area (Å²) in [5.74, 6) is -2.30. The zero-order valence-corrected chi connectivity index (χ0v) is 14.7. The van der Waals surface area contributed by atoms with E-state index in [9.17, 15) is 23.1 Å². The number of halogens is 3. The number of benzene rings is 1. The van der Waals surface area contributed by atoms with E-state index in [0.717, 1.165) is 12.8 Å². The highest BCUT2D eigenvalue weighted by atomic mass is 19.4. The number of aliphatic hydroxyl groups excluding tert-OH is 1. The zero-order valence-electron chi connectivity index (χ0n) is 14.7. The Balaban J connectivity index is 1.77. The van der Waals surface area contributed by atoms with Crippen LogP contribution < -0.4 is 0 Å². The summed E-state index contributed by atoms with van der Waals surface area (Å²) in [5.41, 5.74) is 0.510. The van der Waals surface area contributed by atoms with Gasteiger partial charge in [-0.2, -0.15) is 13.2 Å². The highest BCUT2D eigenvalue weighted by Crippen LogP contribution is 2.38. The highest BCUT2D eigenvalue weighted by molar-refractivity contribution is 5.79. The van der Waals surface area contributed by atoms with E-state index >= 15 is 0 Å². The number of carbonyl (C=O) groups excluding carboxylic acids is 1. The molecular weight excluding hydrogens is 347 g/mol. The molecule has 0 saturated carbocycles. The van der Waals surface area contributed by atoms with Gasteiger partial charge in [-0.05, 0) is 43.9 Å². The standard InChI is InChI=1S/C19H24F3NO3/c1-23-13-6-7-14(23)9-15(8-13)26-18(25)17(10-19(20,21)22)16-5-3-2-4-12(16)11-24/h2-5,13-15,17,24H,6-11H2,1H3. The molecule has 2 aliphatic heterocycles. The number of rotatable bonds is 5. The fraction of sp³-hybridized carbons (Fsp3) is 0.632. The van der Waals surface area contributed by atoms with E-state index in [0.29, 0.717) is 30.5 Å². The van der Waals surface area contributed by atoms with E-state index in [4.69, 9.17) is 4.74 Å². The lowest BCUT2D eigenvalue weighted by Gasteiger charge is -2.36. The Hall–Kier alpha value is -1.60. The highest BCUT2D eigenvalue weighted by Gasteiger charge is 2.42. The first kappa shape index (κ1) is 19.2. The average molecular weight is 371 g/mol. The van der Waals surface area contributed by atoms with Gasteiger partial charge in [-0.1, -0.05) is 24.3 Å². The Bertz CT molecular complexity index is 635. The molecule has 3 rings (SSSR count). The molecule has 2 saturated heterocycles. The Morgan fingerprint density at radius 2 is 1.88 bits per heavy atom. The molecule has 0 amide bonds. The minimum atomic E-state index is -4.50. The number of esters is 1. The van der Waals surface area contributed by atoms with Gasteiger partial charge in [0.25, 0.3) is 0 Å². The maximum absolute atomic E-state index is 13.1. The number of carbonyl (C=O) groups is 1. The molecule has 1 N–H and O–H groups in total. The zero-order chi connectivity index (χ0) is 18.9. The number of hydrogen-bond acceptors (Lipinski definition) is 4. The van der Waals surface area contributed by atoms with Gasteiger partial charge in [0.1, 0.15) is 6.10 Å². The molecule has 0 radical (unpaired) electrons. The van der Waals surface area contributed by atoms with E-state index in [2.05, 4.69) is 4.90 Å². The van der Waals surface area contributed by atoms with Crippen LogP contribution in [0.15, 0.2) is 24.3 Å². The van der Waals surface area contributed by atoms with E-state index in [-0.39, 0.29) is 11.7 Å². The average Bonchev–Trinajstić information content (AvgIpc) is 2.80. The fourth-order valence-electron chi connectivity index (χ4n) is 4.27. The van der Waals surface area contributed by atoms with Crippen molar-refractivity contribution < 1.29 is 27.8 Å². The van der Waals surface area contributed by atoms with Gasteiger partial charge in [-0.3, -0.25) is 4.79 Å². The summed E-state index contributed by atoms with van der Waals surface area (Å²) in [6.45, 7) is -0.420. The number of alkyl halides is 3. The van der Waals surface area contributed by atoms with E-state index in [1.165, 1.54) is 12.1 Å². The van der Waals surface area contributed by atoms with Crippen molar-refractivity contribution in [1.82, 2.24) is 4.90 Å². The molecule has 144 valence electrons. The summed E-state index contributed by atoms with van der Waals surface area (Å²) in [7, 11) is 2.05. The monoisotopic (exact) mass is 371 g/mol. The summed E-state index contributed by atoms with van der Waals surface area (Å²) < 4.78 is 44.8.